The molecule has 1 aliphatic heterocycles. The van der Waals surface area contributed by atoms with Crippen LogP contribution in [-0.2, 0) is 6.42 Å². The highest BCUT2D eigenvalue weighted by atomic mass is 19.1. The Morgan fingerprint density at radius 2 is 1.89 bits per heavy atom. The molecule has 0 spiro atoms. The van der Waals surface area contributed by atoms with Gasteiger partial charge >= 0.3 is 0 Å². The van der Waals surface area contributed by atoms with Crippen molar-refractivity contribution in [3.8, 4) is 11.8 Å². The van der Waals surface area contributed by atoms with Crippen LogP contribution in [0.5, 0.6) is 0 Å². The Balaban J connectivity index is 1.35. The maximum atomic E-state index is 15.3. The monoisotopic (exact) mass is 467 g/mol. The lowest BCUT2D eigenvalue weighted by Gasteiger charge is -2.47. The molecule has 3 heterocycles. The lowest BCUT2D eigenvalue weighted by molar-refractivity contribution is -0.0469. The van der Waals surface area contributed by atoms with Gasteiger partial charge in [0.1, 0.15) is 23.1 Å². The van der Waals surface area contributed by atoms with Gasteiger partial charge in [-0.25, -0.2) is 4.39 Å². The minimum atomic E-state index is -0.875. The van der Waals surface area contributed by atoms with Crippen molar-refractivity contribution < 1.29 is 9.50 Å². The van der Waals surface area contributed by atoms with Crippen LogP contribution in [0.1, 0.15) is 49.1 Å². The highest BCUT2D eigenvalue weighted by Crippen LogP contribution is 2.49. The number of benzene rings is 2. The fourth-order valence-corrected chi connectivity index (χ4v) is 6.47. The summed E-state index contributed by atoms with van der Waals surface area (Å²) in [5.74, 6) is 9.17. The molecule has 1 N–H and O–H groups in total. The van der Waals surface area contributed by atoms with Gasteiger partial charge in [0, 0.05) is 17.8 Å². The van der Waals surface area contributed by atoms with Crippen LogP contribution in [0.4, 0.5) is 15.9 Å². The van der Waals surface area contributed by atoms with Gasteiger partial charge in [0.05, 0.1) is 10.9 Å². The second-order valence-electron chi connectivity index (χ2n) is 10.4. The molecule has 35 heavy (non-hydrogen) atoms. The number of rotatable bonds is 1. The second-order valence-corrected chi connectivity index (χ2v) is 10.4. The van der Waals surface area contributed by atoms with E-state index in [1.54, 1.807) is 10.5 Å². The summed E-state index contributed by atoms with van der Waals surface area (Å²) >= 11 is 0. The third kappa shape index (κ3) is 3.24. The Kier molecular flexibility index (Phi) is 4.46. The predicted molar refractivity (Wildman–Crippen MR) is 132 cm³/mol. The first-order valence-corrected chi connectivity index (χ1v) is 12.4. The first-order chi connectivity index (χ1) is 17.0. The molecule has 2 bridgehead atoms. The van der Waals surface area contributed by atoms with Crippen molar-refractivity contribution in [2.75, 3.05) is 11.4 Å². The van der Waals surface area contributed by atoms with Gasteiger partial charge in [-0.3, -0.25) is 4.40 Å². The first-order valence-electron chi connectivity index (χ1n) is 12.4. The Morgan fingerprint density at radius 1 is 1.09 bits per heavy atom. The van der Waals surface area contributed by atoms with Gasteiger partial charge in [0.25, 0.3) is 5.78 Å². The van der Waals surface area contributed by atoms with E-state index in [1.807, 2.05) is 25.1 Å². The van der Waals surface area contributed by atoms with Gasteiger partial charge < -0.3 is 10.0 Å². The number of aromatic nitrogens is 4. The van der Waals surface area contributed by atoms with Crippen LogP contribution in [0, 0.1) is 36.4 Å². The summed E-state index contributed by atoms with van der Waals surface area (Å²) in [4.78, 5) is 6.87. The molecule has 0 unspecified atom stereocenters. The Labute approximate surface area is 202 Å². The number of anilines is 2. The summed E-state index contributed by atoms with van der Waals surface area (Å²) in [6.07, 6.45) is 5.83. The van der Waals surface area contributed by atoms with E-state index in [1.165, 1.54) is 18.9 Å². The average Bonchev–Trinajstić information content (AvgIpc) is 3.22. The zero-order valence-corrected chi connectivity index (χ0v) is 19.6. The normalized spacial score (nSPS) is 25.2. The van der Waals surface area contributed by atoms with Gasteiger partial charge in [-0.2, -0.15) is 4.98 Å². The summed E-state index contributed by atoms with van der Waals surface area (Å²) in [6.45, 7) is 2.56. The fraction of sp³-hybridized carbons (Fsp3) is 0.393. The molecular formula is C28H26FN5O. The predicted octanol–water partition coefficient (Wildman–Crippen LogP) is 4.71. The molecule has 3 fully saturated rings. The average molecular weight is 468 g/mol. The summed E-state index contributed by atoms with van der Waals surface area (Å²) < 4.78 is 17.1. The molecular weight excluding hydrogens is 441 g/mol. The number of halogens is 1. The molecule has 6 nitrogen and oxygen atoms in total. The lowest BCUT2D eigenvalue weighted by Crippen LogP contribution is -2.45. The molecule has 0 saturated heterocycles. The minimum absolute atomic E-state index is 0.318. The van der Waals surface area contributed by atoms with Gasteiger partial charge in [-0.05, 0) is 87.1 Å². The number of aryl methyl sites for hydroxylation is 1. The summed E-state index contributed by atoms with van der Waals surface area (Å²) in [5, 5.41) is 19.9. The highest BCUT2D eigenvalue weighted by molar-refractivity contribution is 5.94. The van der Waals surface area contributed by atoms with Crippen LogP contribution in [-0.4, -0.2) is 36.8 Å². The van der Waals surface area contributed by atoms with E-state index in [0.29, 0.717) is 40.2 Å². The van der Waals surface area contributed by atoms with Crippen molar-refractivity contribution in [2.24, 2.45) is 11.8 Å². The number of nitrogens with zero attached hydrogens (tertiary/aromatic N) is 5. The molecule has 4 aromatic rings. The quantitative estimate of drug-likeness (QED) is 0.411. The molecule has 8 rings (SSSR count). The van der Waals surface area contributed by atoms with E-state index < -0.39 is 5.60 Å². The Bertz CT molecular complexity index is 1550. The van der Waals surface area contributed by atoms with Gasteiger partial charge in [-0.15, -0.1) is 10.2 Å². The van der Waals surface area contributed by atoms with Crippen molar-refractivity contribution in [1.82, 2.24) is 19.6 Å². The number of fused-ring (bicyclic) bond motifs is 6. The molecule has 3 aliphatic carbocycles. The first kappa shape index (κ1) is 20.8. The fourth-order valence-electron chi connectivity index (χ4n) is 6.47. The van der Waals surface area contributed by atoms with E-state index in [9.17, 15) is 5.11 Å². The van der Waals surface area contributed by atoms with Crippen LogP contribution < -0.4 is 4.90 Å². The molecule has 0 radical (unpaired) electrons. The summed E-state index contributed by atoms with van der Waals surface area (Å²) in [6, 6.07) is 11.1. The smallest absolute Gasteiger partial charge is 0.257 e. The SMILES string of the molecule is Cc1nnc2nc(N3CCCc4c(C#CC5(O)CC6CC(C6)C5)cccc43)c3c(F)cccc3n12. The van der Waals surface area contributed by atoms with Crippen LogP contribution in [0.3, 0.4) is 0 Å². The summed E-state index contributed by atoms with van der Waals surface area (Å²) in [5.41, 5.74) is 2.87. The molecule has 3 saturated carbocycles. The number of aliphatic hydroxyl groups is 1. The van der Waals surface area contributed by atoms with Crippen molar-refractivity contribution in [1.29, 1.82) is 0 Å². The minimum Gasteiger partial charge on any atom is -0.378 e. The van der Waals surface area contributed by atoms with Crippen LogP contribution in [0.25, 0.3) is 16.7 Å². The standard InChI is InChI=1S/C28H26FN5O/c1-17-31-32-27-30-26(25-22(29)7-3-9-24(25)34(17)27)33-12-4-6-21-20(5-2-8-23(21)33)10-11-28(35)15-18-13-19(14-18)16-28/h2-3,5,7-9,18-19,35H,4,6,12-16H2,1H3. The van der Waals surface area contributed by atoms with E-state index in [-0.39, 0.29) is 5.82 Å². The van der Waals surface area contributed by atoms with Crippen LogP contribution >= 0.6 is 0 Å². The summed E-state index contributed by atoms with van der Waals surface area (Å²) in [7, 11) is 0. The van der Waals surface area contributed by atoms with Crippen molar-refractivity contribution >= 4 is 28.2 Å². The van der Waals surface area contributed by atoms with Gasteiger partial charge in [0.15, 0.2) is 0 Å². The number of hydrogen-bond donors (Lipinski definition) is 1. The zero-order chi connectivity index (χ0) is 23.7. The molecule has 7 heteroatoms. The molecule has 176 valence electrons. The molecule has 0 amide bonds. The molecule has 4 aliphatic rings. The van der Waals surface area contributed by atoms with Gasteiger partial charge in [-0.1, -0.05) is 24.0 Å². The maximum Gasteiger partial charge on any atom is 0.257 e. The van der Waals surface area contributed by atoms with Crippen molar-refractivity contribution in [3.63, 3.8) is 0 Å². The van der Waals surface area contributed by atoms with E-state index in [2.05, 4.69) is 33.0 Å². The van der Waals surface area contributed by atoms with Crippen LogP contribution in [0.2, 0.25) is 0 Å². The Hall–Kier alpha value is -3.50. The zero-order valence-electron chi connectivity index (χ0n) is 19.6. The third-order valence-corrected chi connectivity index (χ3v) is 7.99. The van der Waals surface area contributed by atoms with E-state index in [4.69, 9.17) is 4.98 Å². The molecule has 0 atom stereocenters. The van der Waals surface area contributed by atoms with Crippen LogP contribution in [0.15, 0.2) is 36.4 Å². The molecule has 2 aromatic heterocycles. The van der Waals surface area contributed by atoms with Gasteiger partial charge in [0.2, 0.25) is 0 Å². The van der Waals surface area contributed by atoms with Crippen molar-refractivity contribution in [2.45, 2.75) is 51.0 Å². The van der Waals surface area contributed by atoms with Crippen molar-refractivity contribution in [3.05, 3.63) is 59.2 Å². The largest absolute Gasteiger partial charge is 0.378 e. The van der Waals surface area contributed by atoms with E-state index in [0.717, 1.165) is 49.0 Å². The number of hydrogen-bond acceptors (Lipinski definition) is 5. The molecule has 2 aromatic carbocycles. The maximum absolute atomic E-state index is 15.3. The Morgan fingerprint density at radius 3 is 2.71 bits per heavy atom. The lowest BCUT2D eigenvalue weighted by atomic mass is 9.60. The topological polar surface area (TPSA) is 66.5 Å². The second kappa shape index (κ2) is 7.50. The third-order valence-electron chi connectivity index (χ3n) is 7.99. The highest BCUT2D eigenvalue weighted by Gasteiger charge is 2.45. The van der Waals surface area contributed by atoms with E-state index >= 15 is 4.39 Å².